The SMILES string of the molecule is CN(C)c1cc(OC2CC2)cc(CN)n1. The largest absolute Gasteiger partial charge is 0.490 e. The van der Waals surface area contributed by atoms with Gasteiger partial charge < -0.3 is 15.4 Å². The van der Waals surface area contributed by atoms with Gasteiger partial charge >= 0.3 is 0 Å². The third-order valence-electron chi connectivity index (χ3n) is 2.33. The van der Waals surface area contributed by atoms with Crippen molar-refractivity contribution in [3.05, 3.63) is 17.8 Å². The molecule has 0 amide bonds. The van der Waals surface area contributed by atoms with Crippen molar-refractivity contribution in [2.45, 2.75) is 25.5 Å². The standard InChI is InChI=1S/C11H17N3O/c1-14(2)11-6-10(15-9-3-4-9)5-8(7-12)13-11/h5-6,9H,3-4,7,12H2,1-2H3. The highest BCUT2D eigenvalue weighted by atomic mass is 16.5. The zero-order valence-electron chi connectivity index (χ0n) is 9.23. The monoisotopic (exact) mass is 207 g/mol. The van der Waals surface area contributed by atoms with Crippen LogP contribution in [0.15, 0.2) is 12.1 Å². The molecule has 2 rings (SSSR count). The fourth-order valence-electron chi connectivity index (χ4n) is 1.32. The van der Waals surface area contributed by atoms with E-state index < -0.39 is 0 Å². The topological polar surface area (TPSA) is 51.4 Å². The van der Waals surface area contributed by atoms with Gasteiger partial charge in [-0.2, -0.15) is 0 Å². The number of pyridine rings is 1. The summed E-state index contributed by atoms with van der Waals surface area (Å²) in [5.41, 5.74) is 6.47. The van der Waals surface area contributed by atoms with Crippen LogP contribution in [0.2, 0.25) is 0 Å². The summed E-state index contributed by atoms with van der Waals surface area (Å²) >= 11 is 0. The average Bonchev–Trinajstić information content (AvgIpc) is 3.01. The van der Waals surface area contributed by atoms with E-state index in [2.05, 4.69) is 4.98 Å². The summed E-state index contributed by atoms with van der Waals surface area (Å²) in [7, 11) is 3.92. The van der Waals surface area contributed by atoms with Gasteiger partial charge in [-0.1, -0.05) is 0 Å². The van der Waals surface area contributed by atoms with Gasteiger partial charge in [-0.15, -0.1) is 0 Å². The third kappa shape index (κ3) is 2.59. The molecule has 2 N–H and O–H groups in total. The van der Waals surface area contributed by atoms with Crippen molar-refractivity contribution < 1.29 is 4.74 Å². The molecule has 4 nitrogen and oxygen atoms in total. The number of aromatic nitrogens is 1. The van der Waals surface area contributed by atoms with E-state index in [1.165, 1.54) is 0 Å². The Hall–Kier alpha value is -1.29. The first-order valence-corrected chi connectivity index (χ1v) is 5.24. The molecule has 4 heteroatoms. The third-order valence-corrected chi connectivity index (χ3v) is 2.33. The lowest BCUT2D eigenvalue weighted by Crippen LogP contribution is -2.13. The van der Waals surface area contributed by atoms with E-state index in [-0.39, 0.29) is 0 Å². The van der Waals surface area contributed by atoms with Gasteiger partial charge in [0.05, 0.1) is 11.8 Å². The van der Waals surface area contributed by atoms with Crippen molar-refractivity contribution in [3.8, 4) is 5.75 Å². The van der Waals surface area contributed by atoms with Gasteiger partial charge in [0.15, 0.2) is 0 Å². The Labute approximate surface area is 90.0 Å². The second-order valence-electron chi connectivity index (χ2n) is 4.07. The molecule has 0 unspecified atom stereocenters. The Morgan fingerprint density at radius 2 is 2.20 bits per heavy atom. The molecular weight excluding hydrogens is 190 g/mol. The van der Waals surface area contributed by atoms with E-state index in [0.717, 1.165) is 30.1 Å². The number of ether oxygens (including phenoxy) is 1. The molecule has 0 saturated heterocycles. The first-order chi connectivity index (χ1) is 7.19. The fourth-order valence-corrected chi connectivity index (χ4v) is 1.32. The summed E-state index contributed by atoms with van der Waals surface area (Å²) in [5.74, 6) is 1.78. The Morgan fingerprint density at radius 1 is 1.47 bits per heavy atom. The molecule has 0 aromatic carbocycles. The van der Waals surface area contributed by atoms with Crippen LogP contribution >= 0.6 is 0 Å². The number of anilines is 1. The maximum Gasteiger partial charge on any atom is 0.132 e. The van der Waals surface area contributed by atoms with Crippen molar-refractivity contribution in [1.29, 1.82) is 0 Å². The van der Waals surface area contributed by atoms with Crippen molar-refractivity contribution in [1.82, 2.24) is 4.98 Å². The molecule has 0 aliphatic heterocycles. The summed E-state index contributed by atoms with van der Waals surface area (Å²) in [6, 6.07) is 3.88. The first kappa shape index (κ1) is 10.2. The minimum absolute atomic E-state index is 0.410. The van der Waals surface area contributed by atoms with Crippen LogP contribution in [0.5, 0.6) is 5.75 Å². The Morgan fingerprint density at radius 3 is 2.73 bits per heavy atom. The summed E-state index contributed by atoms with van der Waals surface area (Å²) in [6.45, 7) is 0.447. The van der Waals surface area contributed by atoms with E-state index in [1.54, 1.807) is 0 Å². The molecule has 1 aromatic heterocycles. The molecule has 0 atom stereocenters. The van der Waals surface area contributed by atoms with Crippen molar-refractivity contribution in [2.75, 3.05) is 19.0 Å². The summed E-state index contributed by atoms with van der Waals surface area (Å²) in [4.78, 5) is 6.36. The molecule has 1 aliphatic carbocycles. The van der Waals surface area contributed by atoms with Crippen LogP contribution in [0.3, 0.4) is 0 Å². The van der Waals surface area contributed by atoms with Gasteiger partial charge in [-0.3, -0.25) is 0 Å². The number of hydrogen-bond acceptors (Lipinski definition) is 4. The molecule has 0 radical (unpaired) electrons. The smallest absolute Gasteiger partial charge is 0.132 e. The van der Waals surface area contributed by atoms with E-state index in [9.17, 15) is 0 Å². The van der Waals surface area contributed by atoms with Gasteiger partial charge in [0.1, 0.15) is 11.6 Å². The lowest BCUT2D eigenvalue weighted by Gasteiger charge is -2.14. The highest BCUT2D eigenvalue weighted by Crippen LogP contribution is 2.28. The van der Waals surface area contributed by atoms with Crippen LogP contribution in [0.4, 0.5) is 5.82 Å². The quantitative estimate of drug-likeness (QED) is 0.804. The van der Waals surface area contributed by atoms with E-state index >= 15 is 0 Å². The second-order valence-corrected chi connectivity index (χ2v) is 4.07. The Balaban J connectivity index is 2.23. The zero-order valence-corrected chi connectivity index (χ0v) is 9.23. The molecule has 15 heavy (non-hydrogen) atoms. The van der Waals surface area contributed by atoms with Crippen LogP contribution in [0.25, 0.3) is 0 Å². The first-order valence-electron chi connectivity index (χ1n) is 5.24. The van der Waals surface area contributed by atoms with Crippen LogP contribution in [-0.2, 0) is 6.54 Å². The number of hydrogen-bond donors (Lipinski definition) is 1. The highest BCUT2D eigenvalue weighted by molar-refractivity contribution is 5.44. The predicted molar refractivity (Wildman–Crippen MR) is 60.1 cm³/mol. The maximum atomic E-state index is 5.74. The van der Waals surface area contributed by atoms with Gasteiger partial charge in [0.2, 0.25) is 0 Å². The highest BCUT2D eigenvalue weighted by Gasteiger charge is 2.23. The van der Waals surface area contributed by atoms with E-state index in [4.69, 9.17) is 10.5 Å². The van der Waals surface area contributed by atoms with Gasteiger partial charge in [0, 0.05) is 32.8 Å². The van der Waals surface area contributed by atoms with Crippen LogP contribution in [-0.4, -0.2) is 25.2 Å². The molecule has 0 bridgehead atoms. The van der Waals surface area contributed by atoms with Crippen molar-refractivity contribution >= 4 is 5.82 Å². The van der Waals surface area contributed by atoms with Gasteiger partial charge in [-0.25, -0.2) is 4.98 Å². The lowest BCUT2D eigenvalue weighted by molar-refractivity contribution is 0.302. The second kappa shape index (κ2) is 4.06. The minimum atomic E-state index is 0.410. The molecule has 0 spiro atoms. The van der Waals surface area contributed by atoms with Crippen LogP contribution < -0.4 is 15.4 Å². The Bertz CT molecular complexity index is 348. The van der Waals surface area contributed by atoms with E-state index in [1.807, 2.05) is 31.1 Å². The van der Waals surface area contributed by atoms with Crippen molar-refractivity contribution in [2.24, 2.45) is 5.73 Å². The molecule has 1 aliphatic rings. The van der Waals surface area contributed by atoms with Crippen LogP contribution in [0.1, 0.15) is 18.5 Å². The lowest BCUT2D eigenvalue weighted by atomic mass is 10.3. The molecule has 82 valence electrons. The Kier molecular flexibility index (Phi) is 2.77. The zero-order chi connectivity index (χ0) is 10.8. The van der Waals surface area contributed by atoms with Crippen molar-refractivity contribution in [3.63, 3.8) is 0 Å². The predicted octanol–water partition coefficient (Wildman–Crippen LogP) is 1.15. The number of nitrogens with two attached hydrogens (primary N) is 1. The number of rotatable bonds is 4. The fraction of sp³-hybridized carbons (Fsp3) is 0.545. The molecule has 1 aromatic rings. The van der Waals surface area contributed by atoms with Gasteiger partial charge in [-0.05, 0) is 12.8 Å². The summed E-state index contributed by atoms with van der Waals surface area (Å²) in [5, 5.41) is 0. The average molecular weight is 207 g/mol. The normalized spacial score (nSPS) is 15.1. The molecular formula is C11H17N3O. The maximum absolute atomic E-state index is 5.74. The summed E-state index contributed by atoms with van der Waals surface area (Å²) in [6.07, 6.45) is 2.74. The minimum Gasteiger partial charge on any atom is -0.490 e. The van der Waals surface area contributed by atoms with Gasteiger partial charge in [0.25, 0.3) is 0 Å². The van der Waals surface area contributed by atoms with Crippen LogP contribution in [0, 0.1) is 0 Å². The van der Waals surface area contributed by atoms with E-state index in [0.29, 0.717) is 12.6 Å². The molecule has 1 fully saturated rings. The molecule has 1 heterocycles. The summed E-state index contributed by atoms with van der Waals surface area (Å²) < 4.78 is 5.74. The number of nitrogens with zero attached hydrogens (tertiary/aromatic N) is 2. The molecule has 1 saturated carbocycles.